The van der Waals surface area contributed by atoms with Gasteiger partial charge in [-0.25, -0.2) is 4.98 Å². The van der Waals surface area contributed by atoms with Gasteiger partial charge >= 0.3 is 0 Å². The quantitative estimate of drug-likeness (QED) is 0.873. The number of carbonyl (C=O) groups is 1. The second-order valence-electron chi connectivity index (χ2n) is 6.63. The lowest BCUT2D eigenvalue weighted by atomic mass is 9.94. The van der Waals surface area contributed by atoms with Gasteiger partial charge in [-0.05, 0) is 43.4 Å². The SMILES string of the molecule is CCC1=C(O)C(=O)N(CCCn2ccnc2)C1c1ccc(C)c(C)c1. The maximum absolute atomic E-state index is 12.6. The molecule has 0 saturated heterocycles. The molecule has 1 aliphatic heterocycles. The normalized spacial score (nSPS) is 17.6. The first kappa shape index (κ1) is 17.3. The molecule has 5 nitrogen and oxygen atoms in total. The summed E-state index contributed by atoms with van der Waals surface area (Å²) in [5.74, 6) is -0.334. The molecule has 1 unspecified atom stereocenters. The maximum Gasteiger partial charge on any atom is 0.289 e. The van der Waals surface area contributed by atoms with Crippen molar-refractivity contribution in [1.82, 2.24) is 14.5 Å². The Balaban J connectivity index is 1.84. The standard InChI is InChI=1S/C20H25N3O2/c1-4-17-18(16-7-6-14(2)15(3)12-16)23(20(25)19(17)24)10-5-9-22-11-8-21-13-22/h6-8,11-13,18,24H,4-5,9-10H2,1-3H3. The molecule has 0 bridgehead atoms. The number of carbonyl (C=O) groups excluding carboxylic acids is 1. The molecule has 1 aromatic heterocycles. The van der Waals surface area contributed by atoms with E-state index >= 15 is 0 Å². The fourth-order valence-electron chi connectivity index (χ4n) is 3.46. The van der Waals surface area contributed by atoms with E-state index in [1.807, 2.05) is 17.7 Å². The van der Waals surface area contributed by atoms with Crippen molar-refractivity contribution >= 4 is 5.91 Å². The van der Waals surface area contributed by atoms with Crippen LogP contribution in [0.25, 0.3) is 0 Å². The second-order valence-corrected chi connectivity index (χ2v) is 6.63. The highest BCUT2D eigenvalue weighted by atomic mass is 16.3. The molecule has 0 aliphatic carbocycles. The zero-order chi connectivity index (χ0) is 18.0. The number of aliphatic hydroxyl groups excluding tert-OH is 1. The molecule has 1 atom stereocenters. The minimum absolute atomic E-state index is 0.0756. The van der Waals surface area contributed by atoms with Gasteiger partial charge in [0.1, 0.15) is 0 Å². The van der Waals surface area contributed by atoms with Crippen molar-refractivity contribution in [2.45, 2.75) is 46.2 Å². The van der Waals surface area contributed by atoms with Crippen LogP contribution in [0.4, 0.5) is 0 Å². The van der Waals surface area contributed by atoms with Gasteiger partial charge in [-0.3, -0.25) is 4.79 Å². The first-order valence-corrected chi connectivity index (χ1v) is 8.78. The average molecular weight is 339 g/mol. The van der Waals surface area contributed by atoms with Crippen molar-refractivity contribution in [2.75, 3.05) is 6.54 Å². The Kier molecular flexibility index (Phi) is 4.93. The van der Waals surface area contributed by atoms with Crippen molar-refractivity contribution in [3.8, 4) is 0 Å². The molecule has 2 heterocycles. The highest BCUT2D eigenvalue weighted by Crippen LogP contribution is 2.39. The molecule has 1 N–H and O–H groups in total. The molecule has 1 aromatic carbocycles. The number of amides is 1. The summed E-state index contributed by atoms with van der Waals surface area (Å²) < 4.78 is 2.00. The predicted octanol–water partition coefficient (Wildman–Crippen LogP) is 3.70. The van der Waals surface area contributed by atoms with Gasteiger partial charge in [0.05, 0.1) is 12.4 Å². The summed E-state index contributed by atoms with van der Waals surface area (Å²) in [5.41, 5.74) is 4.31. The van der Waals surface area contributed by atoms with Gasteiger partial charge in [-0.1, -0.05) is 25.1 Å². The minimum Gasteiger partial charge on any atom is -0.503 e. The van der Waals surface area contributed by atoms with Gasteiger partial charge in [-0.2, -0.15) is 0 Å². The van der Waals surface area contributed by atoms with E-state index in [-0.39, 0.29) is 17.7 Å². The number of aliphatic hydroxyl groups is 1. The monoisotopic (exact) mass is 339 g/mol. The van der Waals surface area contributed by atoms with Gasteiger partial charge in [0.15, 0.2) is 5.76 Å². The van der Waals surface area contributed by atoms with E-state index in [1.165, 1.54) is 11.1 Å². The van der Waals surface area contributed by atoms with Crippen LogP contribution in [0, 0.1) is 13.8 Å². The number of hydrogen-bond donors (Lipinski definition) is 1. The van der Waals surface area contributed by atoms with Crippen molar-refractivity contribution in [2.24, 2.45) is 0 Å². The lowest BCUT2D eigenvalue weighted by Crippen LogP contribution is -2.32. The van der Waals surface area contributed by atoms with Gasteiger partial charge in [0.25, 0.3) is 5.91 Å². The minimum atomic E-state index is -0.259. The van der Waals surface area contributed by atoms with Crippen LogP contribution in [0.1, 0.15) is 42.5 Å². The number of nitrogens with zero attached hydrogens (tertiary/aromatic N) is 3. The Morgan fingerprint density at radius 2 is 2.00 bits per heavy atom. The molecule has 1 aliphatic rings. The molecule has 0 radical (unpaired) electrons. The predicted molar refractivity (Wildman–Crippen MR) is 97.2 cm³/mol. The summed E-state index contributed by atoms with van der Waals surface area (Å²) in [6.07, 6.45) is 6.92. The molecule has 0 saturated carbocycles. The summed E-state index contributed by atoms with van der Waals surface area (Å²) >= 11 is 0. The van der Waals surface area contributed by atoms with E-state index < -0.39 is 0 Å². The van der Waals surface area contributed by atoms with Crippen LogP contribution < -0.4 is 0 Å². The van der Waals surface area contributed by atoms with Crippen LogP contribution in [0.2, 0.25) is 0 Å². The summed E-state index contributed by atoms with van der Waals surface area (Å²) in [5, 5.41) is 10.3. The number of hydrogen-bond acceptors (Lipinski definition) is 3. The van der Waals surface area contributed by atoms with Crippen LogP contribution in [-0.2, 0) is 11.3 Å². The molecule has 0 fully saturated rings. The molecular weight excluding hydrogens is 314 g/mol. The van der Waals surface area contributed by atoms with Crippen molar-refractivity contribution in [3.63, 3.8) is 0 Å². The molecule has 0 spiro atoms. The average Bonchev–Trinajstić information content (AvgIpc) is 3.19. The molecule has 3 rings (SSSR count). The third-order valence-corrected chi connectivity index (χ3v) is 5.01. The fraction of sp³-hybridized carbons (Fsp3) is 0.400. The van der Waals surface area contributed by atoms with Crippen LogP contribution >= 0.6 is 0 Å². The third kappa shape index (κ3) is 3.31. The van der Waals surface area contributed by atoms with E-state index in [0.717, 1.165) is 24.1 Å². The summed E-state index contributed by atoms with van der Waals surface area (Å²) in [6.45, 7) is 7.54. The van der Waals surface area contributed by atoms with Gasteiger partial charge in [0.2, 0.25) is 0 Å². The Morgan fingerprint density at radius 3 is 2.64 bits per heavy atom. The Morgan fingerprint density at radius 1 is 1.20 bits per heavy atom. The zero-order valence-electron chi connectivity index (χ0n) is 15.1. The Bertz CT molecular complexity index is 793. The van der Waals surface area contributed by atoms with Crippen molar-refractivity contribution in [1.29, 1.82) is 0 Å². The van der Waals surface area contributed by atoms with Crippen molar-refractivity contribution < 1.29 is 9.90 Å². The topological polar surface area (TPSA) is 58.4 Å². The number of aryl methyl sites for hydroxylation is 3. The number of benzene rings is 1. The largest absolute Gasteiger partial charge is 0.503 e. The first-order chi connectivity index (χ1) is 12.0. The van der Waals surface area contributed by atoms with Crippen LogP contribution in [-0.4, -0.2) is 32.0 Å². The van der Waals surface area contributed by atoms with Crippen LogP contribution in [0.3, 0.4) is 0 Å². The van der Waals surface area contributed by atoms with Crippen LogP contribution in [0.5, 0.6) is 0 Å². The molecule has 5 heteroatoms. The van der Waals surface area contributed by atoms with Crippen molar-refractivity contribution in [3.05, 3.63) is 64.9 Å². The van der Waals surface area contributed by atoms with Gasteiger partial charge in [0, 0.05) is 31.1 Å². The summed E-state index contributed by atoms with van der Waals surface area (Å²) in [6, 6.07) is 6.11. The van der Waals surface area contributed by atoms with Gasteiger partial charge in [-0.15, -0.1) is 0 Å². The highest BCUT2D eigenvalue weighted by molar-refractivity contribution is 5.95. The summed E-state index contributed by atoms with van der Waals surface area (Å²) in [7, 11) is 0. The number of aromatic nitrogens is 2. The molecule has 2 aromatic rings. The zero-order valence-corrected chi connectivity index (χ0v) is 15.1. The molecule has 1 amide bonds. The summed E-state index contributed by atoms with van der Waals surface area (Å²) in [4.78, 5) is 18.4. The Hall–Kier alpha value is -2.56. The van der Waals surface area contributed by atoms with E-state index in [2.05, 4.69) is 37.0 Å². The first-order valence-electron chi connectivity index (χ1n) is 8.78. The highest BCUT2D eigenvalue weighted by Gasteiger charge is 2.38. The van der Waals surface area contributed by atoms with E-state index in [1.54, 1.807) is 17.4 Å². The van der Waals surface area contributed by atoms with Crippen LogP contribution in [0.15, 0.2) is 48.3 Å². The van der Waals surface area contributed by atoms with E-state index in [4.69, 9.17) is 0 Å². The van der Waals surface area contributed by atoms with Gasteiger partial charge < -0.3 is 14.6 Å². The molecule has 25 heavy (non-hydrogen) atoms. The number of rotatable bonds is 6. The maximum atomic E-state index is 12.6. The third-order valence-electron chi connectivity index (χ3n) is 5.01. The lowest BCUT2D eigenvalue weighted by molar-refractivity contribution is -0.129. The van der Waals surface area contributed by atoms with E-state index in [0.29, 0.717) is 13.0 Å². The lowest BCUT2D eigenvalue weighted by Gasteiger charge is -2.27. The second kappa shape index (κ2) is 7.13. The Labute approximate surface area is 148 Å². The fourth-order valence-corrected chi connectivity index (χ4v) is 3.46. The number of imidazole rings is 1. The van der Waals surface area contributed by atoms with E-state index in [9.17, 15) is 9.90 Å². The smallest absolute Gasteiger partial charge is 0.289 e. The molecular formula is C20H25N3O2. The molecule has 132 valence electrons.